The van der Waals surface area contributed by atoms with Gasteiger partial charge in [-0.25, -0.2) is 0 Å². The summed E-state index contributed by atoms with van der Waals surface area (Å²) in [6.07, 6.45) is 1.73. The van der Waals surface area contributed by atoms with Crippen LogP contribution in [0.4, 0.5) is 0 Å². The number of hydrogen-bond acceptors (Lipinski definition) is 5. The highest BCUT2D eigenvalue weighted by Gasteiger charge is 2.25. The van der Waals surface area contributed by atoms with Gasteiger partial charge in [-0.3, -0.25) is 4.90 Å². The third-order valence-corrected chi connectivity index (χ3v) is 5.12. The van der Waals surface area contributed by atoms with Crippen molar-refractivity contribution in [1.82, 2.24) is 4.90 Å². The van der Waals surface area contributed by atoms with Crippen LogP contribution in [0.3, 0.4) is 0 Å². The molecular weight excluding hydrogens is 400 g/mol. The van der Waals surface area contributed by atoms with Crippen LogP contribution < -0.4 is 0 Å². The monoisotopic (exact) mass is 428 g/mol. The second-order valence-electron chi connectivity index (χ2n) is 7.64. The summed E-state index contributed by atoms with van der Waals surface area (Å²) in [7, 11) is 0. The van der Waals surface area contributed by atoms with Crippen LogP contribution in [0.25, 0.3) is 0 Å². The van der Waals surface area contributed by atoms with Gasteiger partial charge in [0.25, 0.3) is 0 Å². The van der Waals surface area contributed by atoms with E-state index in [1.807, 2.05) is 24.3 Å². The Balaban J connectivity index is 1.61. The zero-order chi connectivity index (χ0) is 21.3. The second-order valence-corrected chi connectivity index (χ2v) is 8.08. The third kappa shape index (κ3) is 6.96. The van der Waals surface area contributed by atoms with Crippen LogP contribution in [0.2, 0.25) is 5.02 Å². The first-order chi connectivity index (χ1) is 14.5. The van der Waals surface area contributed by atoms with Gasteiger partial charge >= 0.3 is 0 Å². The van der Waals surface area contributed by atoms with E-state index in [2.05, 4.69) is 47.8 Å². The number of hydrogen-bond donors (Lipinski definition) is 1. The van der Waals surface area contributed by atoms with E-state index in [4.69, 9.17) is 21.2 Å². The molecule has 0 amide bonds. The summed E-state index contributed by atoms with van der Waals surface area (Å²) in [6, 6.07) is 16.1. The van der Waals surface area contributed by atoms with E-state index in [9.17, 15) is 5.11 Å². The molecule has 0 radical (unpaired) electrons. The van der Waals surface area contributed by atoms with Crippen LogP contribution in [-0.4, -0.2) is 54.2 Å². The molecule has 6 heteroatoms. The molecule has 5 nitrogen and oxygen atoms in total. The minimum absolute atomic E-state index is 0.0678. The van der Waals surface area contributed by atoms with Gasteiger partial charge in [-0.15, -0.1) is 6.58 Å². The minimum atomic E-state index is -0.608. The molecule has 0 aliphatic carbocycles. The molecule has 1 aliphatic heterocycles. The molecule has 160 valence electrons. The highest BCUT2D eigenvalue weighted by molar-refractivity contribution is 6.30. The number of benzene rings is 2. The first-order valence-electron chi connectivity index (χ1n) is 10.2. The van der Waals surface area contributed by atoms with Gasteiger partial charge in [-0.1, -0.05) is 64.8 Å². The first-order valence-corrected chi connectivity index (χ1v) is 10.5. The molecule has 1 N–H and O–H groups in total. The summed E-state index contributed by atoms with van der Waals surface area (Å²) in [5.74, 6) is 0. The molecule has 3 rings (SSSR count). The topological polar surface area (TPSA) is 54.3 Å². The van der Waals surface area contributed by atoms with Crippen LogP contribution in [0.15, 0.2) is 66.3 Å². The Labute approximate surface area is 183 Å². The van der Waals surface area contributed by atoms with E-state index < -0.39 is 6.10 Å². The van der Waals surface area contributed by atoms with Gasteiger partial charge < -0.3 is 14.7 Å². The van der Waals surface area contributed by atoms with Gasteiger partial charge in [0, 0.05) is 31.1 Å². The molecule has 0 spiro atoms. The summed E-state index contributed by atoms with van der Waals surface area (Å²) in [5.41, 5.74) is 4.34. The van der Waals surface area contributed by atoms with Crippen molar-refractivity contribution in [2.24, 2.45) is 5.16 Å². The van der Waals surface area contributed by atoms with Crippen molar-refractivity contribution in [2.45, 2.75) is 32.1 Å². The average Bonchev–Trinajstić information content (AvgIpc) is 3.17. The molecule has 1 heterocycles. The Kier molecular flexibility index (Phi) is 8.46. The van der Waals surface area contributed by atoms with E-state index in [0.29, 0.717) is 31.3 Å². The molecule has 0 fully saturated rings. The Morgan fingerprint density at radius 3 is 2.87 bits per heavy atom. The lowest BCUT2D eigenvalue weighted by Crippen LogP contribution is -2.39. The Hall–Kier alpha value is -2.18. The van der Waals surface area contributed by atoms with Gasteiger partial charge in [-0.2, -0.15) is 0 Å². The molecule has 1 aliphatic rings. The number of aliphatic hydroxyl groups is 1. The summed E-state index contributed by atoms with van der Waals surface area (Å²) < 4.78 is 5.40. The molecule has 2 atom stereocenters. The van der Waals surface area contributed by atoms with Crippen LogP contribution in [0, 0.1) is 6.92 Å². The lowest BCUT2D eigenvalue weighted by atomic mass is 10.0. The number of rotatable bonds is 11. The lowest BCUT2D eigenvalue weighted by molar-refractivity contribution is 0.00336. The summed E-state index contributed by atoms with van der Waals surface area (Å²) in [6.45, 7) is 8.13. The van der Waals surface area contributed by atoms with Crippen molar-refractivity contribution in [1.29, 1.82) is 0 Å². The standard InChI is InChI=1S/C24H29ClN2O3/c1-3-11-29-17-22(28)15-27(14-19-5-4-6-21(25)12-19)16-23-13-24(26-30-23)20-9-7-18(2)8-10-20/h3-10,12,22-23,28H,1,11,13-17H2,2H3/t22-,23-/m0/s1. The lowest BCUT2D eigenvalue weighted by Gasteiger charge is -2.27. The van der Waals surface area contributed by atoms with Crippen molar-refractivity contribution in [3.63, 3.8) is 0 Å². The maximum atomic E-state index is 10.4. The molecule has 30 heavy (non-hydrogen) atoms. The predicted molar refractivity (Wildman–Crippen MR) is 121 cm³/mol. The van der Waals surface area contributed by atoms with E-state index in [1.165, 1.54) is 5.56 Å². The molecule has 0 aromatic heterocycles. The largest absolute Gasteiger partial charge is 0.390 e. The third-order valence-electron chi connectivity index (χ3n) is 4.89. The molecule has 0 saturated heterocycles. The van der Waals surface area contributed by atoms with Crippen molar-refractivity contribution < 1.29 is 14.7 Å². The van der Waals surface area contributed by atoms with Gasteiger partial charge in [0.2, 0.25) is 0 Å². The number of oxime groups is 1. The average molecular weight is 429 g/mol. The Bertz CT molecular complexity index is 854. The molecule has 0 saturated carbocycles. The fourth-order valence-corrected chi connectivity index (χ4v) is 3.68. The van der Waals surface area contributed by atoms with Crippen molar-refractivity contribution in [3.8, 4) is 0 Å². The Morgan fingerprint density at radius 2 is 2.13 bits per heavy atom. The van der Waals surface area contributed by atoms with E-state index in [1.54, 1.807) is 6.08 Å². The quantitative estimate of drug-likeness (QED) is 0.430. The fourth-order valence-electron chi connectivity index (χ4n) is 3.47. The van der Waals surface area contributed by atoms with E-state index in [0.717, 1.165) is 23.3 Å². The number of nitrogens with zero attached hydrogens (tertiary/aromatic N) is 2. The summed E-state index contributed by atoms with van der Waals surface area (Å²) >= 11 is 6.15. The fraction of sp³-hybridized carbons (Fsp3) is 0.375. The smallest absolute Gasteiger partial charge is 0.145 e. The maximum Gasteiger partial charge on any atom is 0.145 e. The van der Waals surface area contributed by atoms with Crippen molar-refractivity contribution in [2.75, 3.05) is 26.3 Å². The van der Waals surface area contributed by atoms with Crippen LogP contribution >= 0.6 is 11.6 Å². The molecule has 0 unspecified atom stereocenters. The van der Waals surface area contributed by atoms with E-state index in [-0.39, 0.29) is 12.7 Å². The summed E-state index contributed by atoms with van der Waals surface area (Å²) in [4.78, 5) is 7.87. The Morgan fingerprint density at radius 1 is 1.33 bits per heavy atom. The first kappa shape index (κ1) is 22.5. The van der Waals surface area contributed by atoms with Gasteiger partial charge in [0.15, 0.2) is 0 Å². The number of aryl methyl sites for hydroxylation is 1. The van der Waals surface area contributed by atoms with Gasteiger partial charge in [0.1, 0.15) is 6.10 Å². The SMILES string of the molecule is C=CCOC[C@@H](O)CN(Cc1cccc(Cl)c1)C[C@@H]1CC(c2ccc(C)cc2)=NO1. The number of aliphatic hydroxyl groups excluding tert-OH is 1. The highest BCUT2D eigenvalue weighted by Crippen LogP contribution is 2.20. The van der Waals surface area contributed by atoms with Crippen molar-refractivity contribution >= 4 is 17.3 Å². The molecule has 2 aromatic carbocycles. The second kappa shape index (κ2) is 11.3. The van der Waals surface area contributed by atoms with Crippen LogP contribution in [-0.2, 0) is 16.1 Å². The highest BCUT2D eigenvalue weighted by atomic mass is 35.5. The predicted octanol–water partition coefficient (Wildman–Crippen LogP) is 4.21. The zero-order valence-electron chi connectivity index (χ0n) is 17.3. The van der Waals surface area contributed by atoms with Gasteiger partial charge in [-0.05, 0) is 30.2 Å². The molecule has 0 bridgehead atoms. The minimum Gasteiger partial charge on any atom is -0.390 e. The number of halogens is 1. The van der Waals surface area contributed by atoms with Crippen molar-refractivity contribution in [3.05, 3.63) is 82.9 Å². The van der Waals surface area contributed by atoms with Crippen LogP contribution in [0.5, 0.6) is 0 Å². The number of ether oxygens (including phenoxy) is 1. The molecular formula is C24H29ClN2O3. The van der Waals surface area contributed by atoms with E-state index >= 15 is 0 Å². The maximum absolute atomic E-state index is 10.4. The van der Waals surface area contributed by atoms with Gasteiger partial charge in [0.05, 0.1) is 25.0 Å². The van der Waals surface area contributed by atoms with Crippen LogP contribution in [0.1, 0.15) is 23.1 Å². The zero-order valence-corrected chi connectivity index (χ0v) is 18.1. The molecule has 2 aromatic rings. The summed E-state index contributed by atoms with van der Waals surface area (Å²) in [5, 5.41) is 15.4. The normalized spacial score (nSPS) is 16.9.